The van der Waals surface area contributed by atoms with E-state index >= 15 is 0 Å². The Bertz CT molecular complexity index is 974. The molecule has 0 aromatic heterocycles. The van der Waals surface area contributed by atoms with Gasteiger partial charge in [-0.3, -0.25) is 9.59 Å². The molecule has 3 rings (SSSR count). The van der Waals surface area contributed by atoms with Crippen molar-refractivity contribution in [2.24, 2.45) is 0 Å². The van der Waals surface area contributed by atoms with Crippen LogP contribution in [0.4, 0.5) is 10.1 Å². The van der Waals surface area contributed by atoms with Crippen molar-refractivity contribution in [2.75, 3.05) is 11.9 Å². The number of ether oxygens (including phenoxy) is 1. The Morgan fingerprint density at radius 1 is 1.00 bits per heavy atom. The van der Waals surface area contributed by atoms with Crippen molar-refractivity contribution < 1.29 is 18.7 Å². The first kappa shape index (κ1) is 17.9. The van der Waals surface area contributed by atoms with Gasteiger partial charge in [0.25, 0.3) is 5.91 Å². The van der Waals surface area contributed by atoms with Gasteiger partial charge in [0.1, 0.15) is 5.82 Å². The van der Waals surface area contributed by atoms with Crippen LogP contribution in [0.25, 0.3) is 10.8 Å². The van der Waals surface area contributed by atoms with Gasteiger partial charge in [0.15, 0.2) is 6.61 Å². The zero-order chi connectivity index (χ0) is 18.5. The van der Waals surface area contributed by atoms with E-state index in [1.807, 2.05) is 42.5 Å². The standard InChI is InChI=1S/C20H15ClFNO3/c21-17-11-16(22)7-8-18(17)23-19(24)12-26-20(25)10-13-5-6-14-3-1-2-4-15(14)9-13/h1-9,11H,10,12H2,(H,23,24). The number of amides is 1. The van der Waals surface area contributed by atoms with Crippen LogP contribution >= 0.6 is 11.6 Å². The molecule has 1 N–H and O–H groups in total. The van der Waals surface area contributed by atoms with Gasteiger partial charge in [0.05, 0.1) is 17.1 Å². The maximum absolute atomic E-state index is 13.0. The van der Waals surface area contributed by atoms with Crippen LogP contribution < -0.4 is 5.32 Å². The highest BCUT2D eigenvalue weighted by Gasteiger charge is 2.11. The lowest BCUT2D eigenvalue weighted by molar-refractivity contribution is -0.146. The number of anilines is 1. The van der Waals surface area contributed by atoms with Crippen LogP contribution in [-0.2, 0) is 20.7 Å². The fourth-order valence-corrected chi connectivity index (χ4v) is 2.70. The molecular weight excluding hydrogens is 357 g/mol. The highest BCUT2D eigenvalue weighted by atomic mass is 35.5. The summed E-state index contributed by atoms with van der Waals surface area (Å²) in [4.78, 5) is 23.8. The smallest absolute Gasteiger partial charge is 0.310 e. The number of hydrogen-bond donors (Lipinski definition) is 1. The minimum atomic E-state index is -0.551. The molecule has 0 spiro atoms. The molecule has 4 nitrogen and oxygen atoms in total. The predicted molar refractivity (Wildman–Crippen MR) is 98.7 cm³/mol. The first-order valence-electron chi connectivity index (χ1n) is 7.89. The Kier molecular flexibility index (Phi) is 5.49. The van der Waals surface area contributed by atoms with Crippen LogP contribution in [0.2, 0.25) is 5.02 Å². The van der Waals surface area contributed by atoms with Gasteiger partial charge in [-0.2, -0.15) is 0 Å². The number of halogens is 2. The number of benzene rings is 3. The maximum atomic E-state index is 13.0. The van der Waals surface area contributed by atoms with Crippen LogP contribution in [0.1, 0.15) is 5.56 Å². The summed E-state index contributed by atoms with van der Waals surface area (Å²) in [5, 5.41) is 4.65. The lowest BCUT2D eigenvalue weighted by Gasteiger charge is -2.08. The monoisotopic (exact) mass is 371 g/mol. The van der Waals surface area contributed by atoms with Gasteiger partial charge in [0.2, 0.25) is 0 Å². The molecule has 0 fully saturated rings. The van der Waals surface area contributed by atoms with Gasteiger partial charge in [-0.25, -0.2) is 4.39 Å². The van der Waals surface area contributed by atoms with Crippen molar-refractivity contribution in [3.63, 3.8) is 0 Å². The first-order valence-corrected chi connectivity index (χ1v) is 8.27. The van der Waals surface area contributed by atoms with Crippen LogP contribution in [0.3, 0.4) is 0 Å². The molecule has 26 heavy (non-hydrogen) atoms. The number of carbonyl (C=O) groups is 2. The summed E-state index contributed by atoms with van der Waals surface area (Å²) in [7, 11) is 0. The average molecular weight is 372 g/mol. The number of fused-ring (bicyclic) bond motifs is 1. The molecule has 3 aromatic carbocycles. The molecule has 3 aromatic rings. The quantitative estimate of drug-likeness (QED) is 0.678. The zero-order valence-electron chi connectivity index (χ0n) is 13.7. The molecule has 0 heterocycles. The van der Waals surface area contributed by atoms with Gasteiger partial charge >= 0.3 is 5.97 Å². The fraction of sp³-hybridized carbons (Fsp3) is 0.100. The summed E-state index contributed by atoms with van der Waals surface area (Å²) in [6.45, 7) is -0.444. The number of esters is 1. The molecular formula is C20H15ClFNO3. The summed E-state index contributed by atoms with van der Waals surface area (Å²) < 4.78 is 18.0. The summed E-state index contributed by atoms with van der Waals surface area (Å²) in [6, 6.07) is 17.1. The third-order valence-electron chi connectivity index (χ3n) is 3.73. The van der Waals surface area contributed by atoms with Gasteiger partial charge in [0, 0.05) is 0 Å². The van der Waals surface area contributed by atoms with Crippen LogP contribution in [-0.4, -0.2) is 18.5 Å². The number of hydrogen-bond acceptors (Lipinski definition) is 3. The van der Waals surface area contributed by atoms with E-state index in [9.17, 15) is 14.0 Å². The molecule has 6 heteroatoms. The number of nitrogens with one attached hydrogen (secondary N) is 1. The molecule has 0 bridgehead atoms. The largest absolute Gasteiger partial charge is 0.455 e. The topological polar surface area (TPSA) is 55.4 Å². The molecule has 0 aliphatic heterocycles. The Morgan fingerprint density at radius 3 is 2.54 bits per heavy atom. The lowest BCUT2D eigenvalue weighted by atomic mass is 10.1. The summed E-state index contributed by atoms with van der Waals surface area (Å²) >= 11 is 5.83. The summed E-state index contributed by atoms with van der Waals surface area (Å²) in [5.41, 5.74) is 1.05. The second kappa shape index (κ2) is 7.97. The summed E-state index contributed by atoms with van der Waals surface area (Å²) in [6.07, 6.45) is 0.0649. The Labute approximate surface area is 154 Å². The second-order valence-corrected chi connectivity index (χ2v) is 6.10. The van der Waals surface area contributed by atoms with Crippen molar-refractivity contribution in [3.8, 4) is 0 Å². The Hall–Kier alpha value is -2.92. The molecule has 0 aliphatic rings. The maximum Gasteiger partial charge on any atom is 0.310 e. The van der Waals surface area contributed by atoms with Crippen LogP contribution in [0.5, 0.6) is 0 Å². The van der Waals surface area contributed by atoms with Crippen molar-refractivity contribution in [2.45, 2.75) is 6.42 Å². The molecule has 1 amide bonds. The average Bonchev–Trinajstić information content (AvgIpc) is 2.62. The van der Waals surface area contributed by atoms with Crippen molar-refractivity contribution >= 4 is 39.9 Å². The lowest BCUT2D eigenvalue weighted by Crippen LogP contribution is -2.21. The minimum absolute atomic E-state index is 0.0649. The molecule has 0 saturated heterocycles. The molecule has 0 radical (unpaired) electrons. The molecule has 0 unspecified atom stereocenters. The van der Waals surface area contributed by atoms with Gasteiger partial charge in [-0.1, -0.05) is 54.1 Å². The van der Waals surface area contributed by atoms with E-state index in [4.69, 9.17) is 16.3 Å². The Morgan fingerprint density at radius 2 is 1.77 bits per heavy atom. The van der Waals surface area contributed by atoms with Gasteiger partial charge in [-0.15, -0.1) is 0 Å². The van der Waals surface area contributed by atoms with Gasteiger partial charge < -0.3 is 10.1 Å². The molecule has 0 saturated carbocycles. The van der Waals surface area contributed by atoms with Crippen molar-refractivity contribution in [1.29, 1.82) is 0 Å². The van der Waals surface area contributed by atoms with E-state index in [0.29, 0.717) is 0 Å². The third kappa shape index (κ3) is 4.58. The zero-order valence-corrected chi connectivity index (χ0v) is 14.4. The van der Waals surface area contributed by atoms with E-state index in [2.05, 4.69) is 5.32 Å². The number of rotatable bonds is 5. The molecule has 132 valence electrons. The van der Waals surface area contributed by atoms with E-state index in [1.54, 1.807) is 0 Å². The van der Waals surface area contributed by atoms with Crippen molar-refractivity contribution in [3.05, 3.63) is 77.1 Å². The first-order chi connectivity index (χ1) is 12.5. The van der Waals surface area contributed by atoms with Gasteiger partial charge in [-0.05, 0) is 34.5 Å². The predicted octanol–water partition coefficient (Wildman–Crippen LogP) is 4.36. The highest BCUT2D eigenvalue weighted by Crippen LogP contribution is 2.22. The number of carbonyl (C=O) groups excluding carboxylic acids is 2. The normalized spacial score (nSPS) is 10.5. The van der Waals surface area contributed by atoms with Crippen LogP contribution in [0, 0.1) is 5.82 Å². The summed E-state index contributed by atoms with van der Waals surface area (Å²) in [5.74, 6) is -1.57. The second-order valence-electron chi connectivity index (χ2n) is 5.69. The van der Waals surface area contributed by atoms with E-state index < -0.39 is 24.3 Å². The molecule has 0 atom stereocenters. The highest BCUT2D eigenvalue weighted by molar-refractivity contribution is 6.33. The molecule has 0 aliphatic carbocycles. The Balaban J connectivity index is 1.53. The SMILES string of the molecule is O=C(COC(=O)Cc1ccc2ccccc2c1)Nc1ccc(F)cc1Cl. The van der Waals surface area contributed by atoms with E-state index in [0.717, 1.165) is 22.4 Å². The van der Waals surface area contributed by atoms with Crippen molar-refractivity contribution in [1.82, 2.24) is 0 Å². The third-order valence-corrected chi connectivity index (χ3v) is 4.04. The van der Waals surface area contributed by atoms with E-state index in [-0.39, 0.29) is 17.1 Å². The fourth-order valence-electron chi connectivity index (χ4n) is 2.49. The minimum Gasteiger partial charge on any atom is -0.455 e. The van der Waals surface area contributed by atoms with Crippen LogP contribution in [0.15, 0.2) is 60.7 Å². The van der Waals surface area contributed by atoms with E-state index in [1.165, 1.54) is 12.1 Å².